The first-order chi connectivity index (χ1) is 5.15. The van der Waals surface area contributed by atoms with Gasteiger partial charge in [0, 0.05) is 9.50 Å². The van der Waals surface area contributed by atoms with Gasteiger partial charge in [0.05, 0.1) is 6.57 Å². The first-order valence-corrected chi connectivity index (χ1v) is 4.15. The molecule has 0 N–H and O–H groups in total. The third kappa shape index (κ3) is 1.74. The van der Waals surface area contributed by atoms with Gasteiger partial charge >= 0.3 is 0 Å². The minimum absolute atomic E-state index is 0.506. The van der Waals surface area contributed by atoms with E-state index in [4.69, 9.17) is 18.2 Å². The highest BCUT2D eigenvalue weighted by atomic mass is 79.9. The molecule has 0 saturated carbocycles. The lowest BCUT2D eigenvalue weighted by Gasteiger charge is -1.99. The lowest BCUT2D eigenvalue weighted by molar-refractivity contribution is 1.47. The van der Waals surface area contributed by atoms with Crippen molar-refractivity contribution in [2.45, 2.75) is 6.92 Å². The Labute approximate surface area is 78.9 Å². The second-order valence-corrected chi connectivity index (χ2v) is 3.49. The fourth-order valence-corrected chi connectivity index (χ4v) is 1.85. The van der Waals surface area contributed by atoms with E-state index in [0.29, 0.717) is 10.7 Å². The number of aryl methyl sites for hydroxylation is 1. The van der Waals surface area contributed by atoms with Crippen LogP contribution in [-0.2, 0) is 0 Å². The van der Waals surface area contributed by atoms with Crippen LogP contribution in [0.15, 0.2) is 16.6 Å². The smallest absolute Gasteiger partial charge is 0.208 e. The molecule has 11 heavy (non-hydrogen) atoms. The molecular weight excluding hydrogens is 225 g/mol. The fraction of sp³-hybridized carbons (Fsp3) is 0.125. The molecule has 0 radical (unpaired) electrons. The van der Waals surface area contributed by atoms with E-state index < -0.39 is 0 Å². The molecule has 0 aliphatic carbocycles. The Morgan fingerprint density at radius 1 is 1.55 bits per heavy atom. The summed E-state index contributed by atoms with van der Waals surface area (Å²) in [6, 6.07) is 3.60. The minimum atomic E-state index is 0.506. The number of halogens is 2. The molecule has 1 aromatic carbocycles. The van der Waals surface area contributed by atoms with E-state index >= 15 is 0 Å². The molecule has 0 bridgehead atoms. The molecule has 0 heterocycles. The minimum Gasteiger partial charge on any atom is -0.236 e. The van der Waals surface area contributed by atoms with Crippen LogP contribution in [-0.4, -0.2) is 0 Å². The summed E-state index contributed by atoms with van der Waals surface area (Å²) in [5.74, 6) is 0. The molecule has 1 nitrogen and oxygen atoms in total. The van der Waals surface area contributed by atoms with E-state index in [1.165, 1.54) is 0 Å². The van der Waals surface area contributed by atoms with Crippen LogP contribution in [0.25, 0.3) is 4.85 Å². The van der Waals surface area contributed by atoms with Gasteiger partial charge in [-0.25, -0.2) is 4.85 Å². The van der Waals surface area contributed by atoms with Gasteiger partial charge in [-0.2, -0.15) is 0 Å². The number of hydrogen-bond donors (Lipinski definition) is 0. The molecule has 0 aliphatic rings. The zero-order chi connectivity index (χ0) is 8.43. The molecule has 3 heteroatoms. The lowest BCUT2D eigenvalue weighted by Crippen LogP contribution is -1.74. The number of rotatable bonds is 0. The summed E-state index contributed by atoms with van der Waals surface area (Å²) >= 11 is 9.08. The van der Waals surface area contributed by atoms with Gasteiger partial charge < -0.3 is 0 Å². The summed E-state index contributed by atoms with van der Waals surface area (Å²) in [4.78, 5) is 3.31. The number of benzene rings is 1. The van der Waals surface area contributed by atoms with Crippen LogP contribution in [0.5, 0.6) is 0 Å². The van der Waals surface area contributed by atoms with Crippen LogP contribution in [0.4, 0.5) is 5.69 Å². The van der Waals surface area contributed by atoms with Crippen LogP contribution >= 0.6 is 27.5 Å². The van der Waals surface area contributed by atoms with Crippen LogP contribution in [0, 0.1) is 13.5 Å². The predicted octanol–water partition coefficient (Wildman–Crippen LogP) is 3.96. The van der Waals surface area contributed by atoms with E-state index in [1.807, 2.05) is 13.0 Å². The van der Waals surface area contributed by atoms with Gasteiger partial charge in [0.15, 0.2) is 0 Å². The van der Waals surface area contributed by atoms with Crippen molar-refractivity contribution in [3.63, 3.8) is 0 Å². The van der Waals surface area contributed by atoms with E-state index in [2.05, 4.69) is 20.8 Å². The van der Waals surface area contributed by atoms with Crippen molar-refractivity contribution < 1.29 is 0 Å². The van der Waals surface area contributed by atoms with Crippen molar-refractivity contribution in [2.24, 2.45) is 0 Å². The van der Waals surface area contributed by atoms with Gasteiger partial charge in [-0.05, 0) is 18.6 Å². The Balaban J connectivity index is 3.40. The molecule has 56 valence electrons. The topological polar surface area (TPSA) is 4.36 Å². The molecule has 1 rings (SSSR count). The van der Waals surface area contributed by atoms with E-state index in [-0.39, 0.29) is 0 Å². The summed E-state index contributed by atoms with van der Waals surface area (Å²) < 4.78 is 0.910. The monoisotopic (exact) mass is 229 g/mol. The van der Waals surface area contributed by atoms with Gasteiger partial charge in [-0.15, -0.1) is 0 Å². The van der Waals surface area contributed by atoms with Crippen LogP contribution < -0.4 is 0 Å². The van der Waals surface area contributed by atoms with Gasteiger partial charge in [-0.1, -0.05) is 33.6 Å². The van der Waals surface area contributed by atoms with Crippen LogP contribution in [0.2, 0.25) is 5.02 Å². The third-order valence-corrected chi connectivity index (χ3v) is 2.08. The Morgan fingerprint density at radius 2 is 2.18 bits per heavy atom. The highest BCUT2D eigenvalue weighted by molar-refractivity contribution is 9.10. The zero-order valence-corrected chi connectivity index (χ0v) is 8.20. The van der Waals surface area contributed by atoms with Gasteiger partial charge in [0.25, 0.3) is 0 Å². The number of nitrogens with zero attached hydrogens (tertiary/aromatic N) is 1. The quantitative estimate of drug-likeness (QED) is 0.594. The van der Waals surface area contributed by atoms with Crippen molar-refractivity contribution in [3.05, 3.63) is 38.6 Å². The van der Waals surface area contributed by atoms with E-state index in [9.17, 15) is 0 Å². The van der Waals surface area contributed by atoms with Crippen LogP contribution in [0.3, 0.4) is 0 Å². The Hall–Kier alpha value is -0.520. The van der Waals surface area contributed by atoms with Crippen molar-refractivity contribution in [2.75, 3.05) is 0 Å². The lowest BCUT2D eigenvalue weighted by atomic mass is 10.2. The summed E-state index contributed by atoms with van der Waals surface area (Å²) in [6.07, 6.45) is 0. The SMILES string of the molecule is [C-]#[N+]c1c(C)cc(Br)cc1Cl. The standard InChI is InChI=1S/C8H5BrClN/c1-5-3-6(9)4-7(10)8(5)11-2/h3-4H,1H3. The highest BCUT2D eigenvalue weighted by Gasteiger charge is 2.03. The van der Waals surface area contributed by atoms with Crippen molar-refractivity contribution >= 4 is 33.2 Å². The molecular formula is C8H5BrClN. The molecule has 0 aromatic heterocycles. The maximum absolute atomic E-state index is 6.82. The maximum atomic E-state index is 6.82. The molecule has 0 saturated heterocycles. The average Bonchev–Trinajstić information content (AvgIpc) is 1.85. The fourth-order valence-electron chi connectivity index (χ4n) is 0.836. The predicted molar refractivity (Wildman–Crippen MR) is 50.2 cm³/mol. The largest absolute Gasteiger partial charge is 0.236 e. The van der Waals surface area contributed by atoms with Gasteiger partial charge in [-0.3, -0.25) is 0 Å². The van der Waals surface area contributed by atoms with Crippen LogP contribution in [0.1, 0.15) is 5.56 Å². The first-order valence-electron chi connectivity index (χ1n) is 2.98. The normalized spacial score (nSPS) is 9.27. The van der Waals surface area contributed by atoms with E-state index in [1.54, 1.807) is 6.07 Å². The second-order valence-electron chi connectivity index (χ2n) is 2.16. The number of hydrogen-bond acceptors (Lipinski definition) is 0. The molecule has 0 unspecified atom stereocenters. The highest BCUT2D eigenvalue weighted by Crippen LogP contribution is 2.31. The van der Waals surface area contributed by atoms with E-state index in [0.717, 1.165) is 10.0 Å². The third-order valence-electron chi connectivity index (χ3n) is 1.33. The van der Waals surface area contributed by atoms with Crippen molar-refractivity contribution in [1.29, 1.82) is 0 Å². The molecule has 0 fully saturated rings. The second kappa shape index (κ2) is 3.25. The van der Waals surface area contributed by atoms with Crippen molar-refractivity contribution in [1.82, 2.24) is 0 Å². The molecule has 1 aromatic rings. The van der Waals surface area contributed by atoms with Crippen molar-refractivity contribution in [3.8, 4) is 0 Å². The summed E-state index contributed by atoms with van der Waals surface area (Å²) in [5.41, 5.74) is 1.44. The van der Waals surface area contributed by atoms with Gasteiger partial charge in [0.1, 0.15) is 0 Å². The van der Waals surface area contributed by atoms with Gasteiger partial charge in [0.2, 0.25) is 5.69 Å². The Morgan fingerprint density at radius 3 is 2.64 bits per heavy atom. The summed E-state index contributed by atoms with van der Waals surface area (Å²) in [6.45, 7) is 8.69. The Kier molecular flexibility index (Phi) is 2.53. The molecule has 0 amide bonds. The zero-order valence-electron chi connectivity index (χ0n) is 5.86. The molecule has 0 aliphatic heterocycles. The first kappa shape index (κ1) is 8.58. The maximum Gasteiger partial charge on any atom is 0.208 e. The average molecular weight is 230 g/mol. The Bertz CT molecular complexity index is 304. The summed E-state index contributed by atoms with van der Waals surface area (Å²) in [5, 5.41) is 0.506. The molecule has 0 atom stereocenters. The summed E-state index contributed by atoms with van der Waals surface area (Å²) in [7, 11) is 0. The molecule has 0 spiro atoms.